The Labute approximate surface area is 157 Å². The summed E-state index contributed by atoms with van der Waals surface area (Å²) in [6.45, 7) is 8.81. The van der Waals surface area contributed by atoms with Crippen LogP contribution >= 0.6 is 0 Å². The fraction of sp³-hybridized carbons (Fsp3) is 0.700. The molecule has 0 unspecified atom stereocenters. The van der Waals surface area contributed by atoms with Gasteiger partial charge in [0.05, 0.1) is 12.2 Å². The molecular formula is C20H24O7. The Kier molecular flexibility index (Phi) is 2.99. The van der Waals surface area contributed by atoms with Crippen LogP contribution < -0.4 is 0 Å². The van der Waals surface area contributed by atoms with Crippen molar-refractivity contribution in [1.29, 1.82) is 0 Å². The third-order valence-corrected chi connectivity index (χ3v) is 7.44. The number of ketones is 1. The third-order valence-electron chi connectivity index (χ3n) is 7.44. The van der Waals surface area contributed by atoms with Gasteiger partial charge in [0.2, 0.25) is 11.6 Å². The first kappa shape index (κ1) is 17.4. The first-order chi connectivity index (χ1) is 12.5. The standard InChI is InChI=1S/C20H24O7/c1-9-6-12-15-13(8-17(3)14(21)7-11(9)26-17)27-20(23,19(5)10(2)25-19)18(15,4)16(22)24-12/h6-7,10,12-13,15,23H,8H2,1-5H3/b9-6-/t10-,12+,13+,15+,17-,18-,19+,20+/m1/s1. The van der Waals surface area contributed by atoms with E-state index in [0.29, 0.717) is 5.76 Å². The molecule has 5 heterocycles. The number of carbonyl (C=O) groups is 2. The Bertz CT molecular complexity index is 845. The highest BCUT2D eigenvalue weighted by Gasteiger charge is 2.83. The number of rotatable bonds is 1. The first-order valence-electron chi connectivity index (χ1n) is 9.39. The molecule has 0 amide bonds. The van der Waals surface area contributed by atoms with Gasteiger partial charge in [-0.3, -0.25) is 9.59 Å². The van der Waals surface area contributed by atoms with Crippen LogP contribution in [0, 0.1) is 11.3 Å². The lowest BCUT2D eigenvalue weighted by atomic mass is 9.65. The zero-order chi connectivity index (χ0) is 19.6. The molecule has 1 N–H and O–H groups in total. The molecule has 2 bridgehead atoms. The molecule has 0 aromatic carbocycles. The van der Waals surface area contributed by atoms with Gasteiger partial charge in [-0.2, -0.15) is 0 Å². The van der Waals surface area contributed by atoms with Gasteiger partial charge >= 0.3 is 5.97 Å². The molecular weight excluding hydrogens is 352 g/mol. The van der Waals surface area contributed by atoms with Gasteiger partial charge in [0.1, 0.15) is 22.9 Å². The summed E-state index contributed by atoms with van der Waals surface area (Å²) in [5.74, 6) is -2.46. The van der Waals surface area contributed by atoms with Crippen LogP contribution in [0.1, 0.15) is 41.0 Å². The molecule has 7 heteroatoms. The molecule has 0 aromatic rings. The number of fused-ring (bicyclic) bond motifs is 2. The number of ether oxygens (including phenoxy) is 4. The largest absolute Gasteiger partial charge is 0.479 e. The van der Waals surface area contributed by atoms with Crippen LogP contribution in [0.15, 0.2) is 23.5 Å². The minimum atomic E-state index is -1.85. The molecule has 3 fully saturated rings. The molecule has 0 spiro atoms. The predicted molar refractivity (Wildman–Crippen MR) is 91.2 cm³/mol. The van der Waals surface area contributed by atoms with Crippen molar-refractivity contribution in [3.05, 3.63) is 23.5 Å². The van der Waals surface area contributed by atoms with E-state index in [1.54, 1.807) is 26.8 Å². The van der Waals surface area contributed by atoms with Gasteiger partial charge in [-0.15, -0.1) is 0 Å². The average Bonchev–Trinajstić information content (AvgIpc) is 2.82. The molecule has 0 aromatic heterocycles. The summed E-state index contributed by atoms with van der Waals surface area (Å²) < 4.78 is 23.5. The van der Waals surface area contributed by atoms with E-state index < -0.39 is 46.5 Å². The number of aliphatic hydroxyl groups is 1. The van der Waals surface area contributed by atoms with Crippen LogP contribution in [0.2, 0.25) is 0 Å². The van der Waals surface area contributed by atoms with E-state index in [2.05, 4.69) is 0 Å². The van der Waals surface area contributed by atoms with Crippen molar-refractivity contribution < 1.29 is 33.6 Å². The number of hydrogen-bond acceptors (Lipinski definition) is 7. The summed E-state index contributed by atoms with van der Waals surface area (Å²) in [7, 11) is 0. The lowest BCUT2D eigenvalue weighted by Gasteiger charge is -2.37. The Morgan fingerprint density at radius 2 is 1.85 bits per heavy atom. The quantitative estimate of drug-likeness (QED) is 0.546. The summed E-state index contributed by atoms with van der Waals surface area (Å²) >= 11 is 0. The highest BCUT2D eigenvalue weighted by atomic mass is 16.7. The van der Waals surface area contributed by atoms with Crippen molar-refractivity contribution >= 4 is 11.8 Å². The van der Waals surface area contributed by atoms with E-state index in [9.17, 15) is 14.7 Å². The van der Waals surface area contributed by atoms with Gasteiger partial charge in [-0.1, -0.05) is 0 Å². The number of allylic oxidation sites excluding steroid dienone is 1. The molecule has 8 atom stereocenters. The molecule has 0 radical (unpaired) electrons. The molecule has 5 aliphatic rings. The molecule has 5 rings (SSSR count). The maximum atomic E-state index is 13.0. The monoisotopic (exact) mass is 376 g/mol. The highest BCUT2D eigenvalue weighted by molar-refractivity contribution is 6.00. The van der Waals surface area contributed by atoms with Crippen molar-refractivity contribution in [1.82, 2.24) is 0 Å². The maximum Gasteiger partial charge on any atom is 0.318 e. The van der Waals surface area contributed by atoms with E-state index in [4.69, 9.17) is 18.9 Å². The summed E-state index contributed by atoms with van der Waals surface area (Å²) in [5.41, 5.74) is -2.70. The van der Waals surface area contributed by atoms with Crippen molar-refractivity contribution in [2.45, 2.75) is 76.3 Å². The van der Waals surface area contributed by atoms with Crippen molar-refractivity contribution in [3.8, 4) is 0 Å². The minimum Gasteiger partial charge on any atom is -0.479 e. The maximum absolute atomic E-state index is 13.0. The van der Waals surface area contributed by atoms with E-state index in [1.807, 2.05) is 13.8 Å². The highest BCUT2D eigenvalue weighted by Crippen LogP contribution is 2.66. The second kappa shape index (κ2) is 4.64. The third kappa shape index (κ3) is 1.78. The molecule has 0 saturated carbocycles. The summed E-state index contributed by atoms with van der Waals surface area (Å²) in [6, 6.07) is 0. The molecule has 0 aliphatic carbocycles. The summed E-state index contributed by atoms with van der Waals surface area (Å²) in [6.07, 6.45) is 2.06. The number of esters is 1. The van der Waals surface area contributed by atoms with Gasteiger partial charge in [-0.05, 0) is 46.3 Å². The first-order valence-corrected chi connectivity index (χ1v) is 9.39. The van der Waals surface area contributed by atoms with Gasteiger partial charge in [0, 0.05) is 18.4 Å². The zero-order valence-electron chi connectivity index (χ0n) is 16.1. The Balaban J connectivity index is 1.68. The van der Waals surface area contributed by atoms with Crippen LogP contribution in [-0.4, -0.2) is 52.2 Å². The fourth-order valence-electron chi connectivity index (χ4n) is 5.42. The zero-order valence-corrected chi connectivity index (χ0v) is 16.1. The van der Waals surface area contributed by atoms with Crippen LogP contribution in [0.4, 0.5) is 0 Å². The Hall–Kier alpha value is -1.70. The van der Waals surface area contributed by atoms with Gasteiger partial charge in [0.25, 0.3) is 0 Å². The second-order valence-corrected chi connectivity index (χ2v) is 9.03. The molecule has 146 valence electrons. The van der Waals surface area contributed by atoms with E-state index in [1.165, 1.54) is 6.08 Å². The van der Waals surface area contributed by atoms with Crippen LogP contribution in [0.3, 0.4) is 0 Å². The Morgan fingerprint density at radius 3 is 2.48 bits per heavy atom. The SMILES string of the molecule is C/C1=C/[C@@H]2OC(=O)[C@@]3(C)[C@@H]2[C@H](C[C@@]2(C)OC1=CC2=O)O[C@]3(O)[C@@]1(C)O[C@@H]1C. The molecule has 7 nitrogen and oxygen atoms in total. The Morgan fingerprint density at radius 1 is 1.19 bits per heavy atom. The van der Waals surface area contributed by atoms with Crippen LogP contribution in [0.5, 0.6) is 0 Å². The van der Waals surface area contributed by atoms with Crippen molar-refractivity contribution in [3.63, 3.8) is 0 Å². The molecule has 27 heavy (non-hydrogen) atoms. The normalized spacial score (nSPS) is 57.6. The van der Waals surface area contributed by atoms with Gasteiger partial charge < -0.3 is 24.1 Å². The topological polar surface area (TPSA) is 94.6 Å². The smallest absolute Gasteiger partial charge is 0.318 e. The number of carbonyl (C=O) groups excluding carboxylic acids is 2. The fourth-order valence-corrected chi connectivity index (χ4v) is 5.42. The summed E-state index contributed by atoms with van der Waals surface area (Å²) in [4.78, 5) is 25.6. The summed E-state index contributed by atoms with van der Waals surface area (Å²) in [5, 5.41) is 11.6. The van der Waals surface area contributed by atoms with Gasteiger partial charge in [-0.25, -0.2) is 0 Å². The van der Waals surface area contributed by atoms with Crippen molar-refractivity contribution in [2.75, 3.05) is 0 Å². The second-order valence-electron chi connectivity index (χ2n) is 9.03. The molecule has 5 aliphatic heterocycles. The average molecular weight is 376 g/mol. The van der Waals surface area contributed by atoms with Crippen molar-refractivity contribution in [2.24, 2.45) is 11.3 Å². The van der Waals surface area contributed by atoms with E-state index >= 15 is 0 Å². The van der Waals surface area contributed by atoms with Crippen LogP contribution in [-0.2, 0) is 28.5 Å². The van der Waals surface area contributed by atoms with Crippen LogP contribution in [0.25, 0.3) is 0 Å². The minimum absolute atomic E-state index is 0.142. The lowest BCUT2D eigenvalue weighted by molar-refractivity contribution is -0.271. The van der Waals surface area contributed by atoms with Gasteiger partial charge in [0.15, 0.2) is 5.60 Å². The van der Waals surface area contributed by atoms with E-state index in [-0.39, 0.29) is 18.3 Å². The predicted octanol–water partition coefficient (Wildman–Crippen LogP) is 1.39. The number of hydrogen-bond donors (Lipinski definition) is 1. The number of epoxide rings is 1. The van der Waals surface area contributed by atoms with E-state index in [0.717, 1.165) is 5.57 Å². The lowest BCUT2D eigenvalue weighted by Crippen LogP contribution is -2.58. The molecule has 3 saturated heterocycles.